The van der Waals surface area contributed by atoms with Crippen molar-refractivity contribution < 1.29 is 14.2 Å². The second-order valence-corrected chi connectivity index (χ2v) is 4.00. The molecule has 0 aliphatic rings. The number of nitrogen functional groups attached to an aromatic ring is 1. The SMILES string of the molecule is COc1cccc(OC)c1Oc1ccccc1C(=N)N. The van der Waals surface area contributed by atoms with Crippen molar-refractivity contribution in [1.29, 1.82) is 5.41 Å². The predicted molar refractivity (Wildman–Crippen MR) is 77.1 cm³/mol. The monoisotopic (exact) mass is 272 g/mol. The standard InChI is InChI=1S/C15H16N2O3/c1-18-12-8-5-9-13(19-2)14(12)20-11-7-4-3-6-10(11)15(16)17/h3-9H,1-2H3,(H3,16,17). The van der Waals surface area contributed by atoms with Gasteiger partial charge >= 0.3 is 0 Å². The summed E-state index contributed by atoms with van der Waals surface area (Å²) in [6, 6.07) is 12.4. The summed E-state index contributed by atoms with van der Waals surface area (Å²) in [5.41, 5.74) is 6.06. The molecule has 0 aliphatic carbocycles. The minimum atomic E-state index is -0.0607. The molecule has 3 N–H and O–H groups in total. The number of hydrogen-bond donors (Lipinski definition) is 2. The molecule has 0 fully saturated rings. The molecule has 0 heterocycles. The van der Waals surface area contributed by atoms with Gasteiger partial charge in [0.25, 0.3) is 0 Å². The van der Waals surface area contributed by atoms with E-state index in [-0.39, 0.29) is 5.84 Å². The van der Waals surface area contributed by atoms with E-state index in [1.54, 1.807) is 50.6 Å². The van der Waals surface area contributed by atoms with Crippen LogP contribution in [0.4, 0.5) is 0 Å². The molecule has 0 atom stereocenters. The molecule has 0 saturated carbocycles. The summed E-state index contributed by atoms with van der Waals surface area (Å²) >= 11 is 0. The second kappa shape index (κ2) is 5.97. The first kappa shape index (κ1) is 13.7. The van der Waals surface area contributed by atoms with E-state index in [0.717, 1.165) is 0 Å². The number of benzene rings is 2. The van der Waals surface area contributed by atoms with Crippen molar-refractivity contribution in [3.05, 3.63) is 48.0 Å². The predicted octanol–water partition coefficient (Wildman–Crippen LogP) is 2.78. The Bertz CT molecular complexity index is 604. The molecule has 2 aromatic rings. The quantitative estimate of drug-likeness (QED) is 0.648. The van der Waals surface area contributed by atoms with Gasteiger partial charge in [-0.15, -0.1) is 0 Å². The molecule has 0 aliphatic heterocycles. The minimum Gasteiger partial charge on any atom is -0.493 e. The van der Waals surface area contributed by atoms with E-state index in [0.29, 0.717) is 28.6 Å². The van der Waals surface area contributed by atoms with Crippen LogP contribution in [-0.2, 0) is 0 Å². The Kier molecular flexibility index (Phi) is 4.10. The summed E-state index contributed by atoms with van der Waals surface area (Å²) in [5.74, 6) is 1.95. The maximum Gasteiger partial charge on any atom is 0.211 e. The van der Waals surface area contributed by atoms with E-state index in [1.165, 1.54) is 0 Å². The normalized spacial score (nSPS) is 9.90. The number of methoxy groups -OCH3 is 2. The van der Waals surface area contributed by atoms with Crippen LogP contribution in [0.3, 0.4) is 0 Å². The number of rotatable bonds is 5. The number of ether oxygens (including phenoxy) is 3. The van der Waals surface area contributed by atoms with Gasteiger partial charge in [-0.3, -0.25) is 5.41 Å². The average Bonchev–Trinajstić information content (AvgIpc) is 2.47. The zero-order valence-electron chi connectivity index (χ0n) is 11.3. The number of amidine groups is 1. The lowest BCUT2D eigenvalue weighted by molar-refractivity contribution is 0.346. The van der Waals surface area contributed by atoms with Crippen LogP contribution >= 0.6 is 0 Å². The molecule has 0 amide bonds. The largest absolute Gasteiger partial charge is 0.493 e. The van der Waals surface area contributed by atoms with E-state index < -0.39 is 0 Å². The van der Waals surface area contributed by atoms with Gasteiger partial charge in [0.15, 0.2) is 11.5 Å². The van der Waals surface area contributed by atoms with E-state index in [4.69, 9.17) is 25.4 Å². The number of para-hydroxylation sites is 2. The summed E-state index contributed by atoms with van der Waals surface area (Å²) in [5, 5.41) is 7.57. The van der Waals surface area contributed by atoms with Crippen LogP contribution in [0.2, 0.25) is 0 Å². The molecule has 0 spiro atoms. The van der Waals surface area contributed by atoms with Gasteiger partial charge in [0, 0.05) is 0 Å². The maximum absolute atomic E-state index is 7.57. The first-order valence-electron chi connectivity index (χ1n) is 5.99. The highest BCUT2D eigenvalue weighted by Crippen LogP contribution is 2.40. The van der Waals surface area contributed by atoms with Gasteiger partial charge in [-0.1, -0.05) is 18.2 Å². The molecule has 2 rings (SSSR count). The molecule has 2 aromatic carbocycles. The fraction of sp³-hybridized carbons (Fsp3) is 0.133. The van der Waals surface area contributed by atoms with Crippen molar-refractivity contribution in [3.63, 3.8) is 0 Å². The van der Waals surface area contributed by atoms with Crippen molar-refractivity contribution in [3.8, 4) is 23.0 Å². The minimum absolute atomic E-state index is 0.0607. The van der Waals surface area contributed by atoms with Gasteiger partial charge < -0.3 is 19.9 Å². The molecule has 0 saturated heterocycles. The number of hydrogen-bond acceptors (Lipinski definition) is 4. The van der Waals surface area contributed by atoms with Crippen LogP contribution in [0.5, 0.6) is 23.0 Å². The number of nitrogens with two attached hydrogens (primary N) is 1. The van der Waals surface area contributed by atoms with Crippen molar-refractivity contribution in [1.82, 2.24) is 0 Å². The topological polar surface area (TPSA) is 77.6 Å². The lowest BCUT2D eigenvalue weighted by Crippen LogP contribution is -2.12. The highest BCUT2D eigenvalue weighted by Gasteiger charge is 2.15. The Hall–Kier alpha value is -2.69. The van der Waals surface area contributed by atoms with Crippen LogP contribution in [0.15, 0.2) is 42.5 Å². The third-order valence-corrected chi connectivity index (χ3v) is 2.77. The molecule has 0 bridgehead atoms. The lowest BCUT2D eigenvalue weighted by atomic mass is 10.2. The molecule has 0 unspecified atom stereocenters. The Labute approximate surface area is 117 Å². The summed E-state index contributed by atoms with van der Waals surface area (Å²) < 4.78 is 16.4. The molecule has 5 nitrogen and oxygen atoms in total. The Morgan fingerprint density at radius 2 is 1.45 bits per heavy atom. The van der Waals surface area contributed by atoms with Crippen LogP contribution in [0, 0.1) is 5.41 Å². The molecule has 20 heavy (non-hydrogen) atoms. The first-order chi connectivity index (χ1) is 9.67. The highest BCUT2D eigenvalue weighted by molar-refractivity contribution is 5.97. The third-order valence-electron chi connectivity index (χ3n) is 2.77. The Morgan fingerprint density at radius 1 is 0.900 bits per heavy atom. The van der Waals surface area contributed by atoms with Gasteiger partial charge in [-0.25, -0.2) is 0 Å². The molecule has 0 radical (unpaired) electrons. The summed E-state index contributed by atoms with van der Waals surface area (Å²) in [6.45, 7) is 0. The van der Waals surface area contributed by atoms with Crippen molar-refractivity contribution >= 4 is 5.84 Å². The second-order valence-electron chi connectivity index (χ2n) is 4.00. The molecule has 5 heteroatoms. The summed E-state index contributed by atoms with van der Waals surface area (Å²) in [6.07, 6.45) is 0. The lowest BCUT2D eigenvalue weighted by Gasteiger charge is -2.15. The zero-order valence-corrected chi connectivity index (χ0v) is 11.3. The smallest absolute Gasteiger partial charge is 0.211 e. The molecule has 104 valence electrons. The fourth-order valence-corrected chi connectivity index (χ4v) is 1.81. The number of nitrogens with one attached hydrogen (secondary N) is 1. The van der Waals surface area contributed by atoms with E-state index in [9.17, 15) is 0 Å². The van der Waals surface area contributed by atoms with Crippen LogP contribution in [0.25, 0.3) is 0 Å². The van der Waals surface area contributed by atoms with E-state index in [2.05, 4.69) is 0 Å². The zero-order chi connectivity index (χ0) is 14.5. The van der Waals surface area contributed by atoms with Gasteiger partial charge in [0.1, 0.15) is 11.6 Å². The van der Waals surface area contributed by atoms with Crippen LogP contribution in [0.1, 0.15) is 5.56 Å². The van der Waals surface area contributed by atoms with Crippen molar-refractivity contribution in [2.24, 2.45) is 5.73 Å². The Morgan fingerprint density at radius 3 is 2.00 bits per heavy atom. The van der Waals surface area contributed by atoms with Crippen molar-refractivity contribution in [2.45, 2.75) is 0 Å². The van der Waals surface area contributed by atoms with E-state index >= 15 is 0 Å². The fourth-order valence-electron chi connectivity index (χ4n) is 1.81. The van der Waals surface area contributed by atoms with Gasteiger partial charge in [-0.2, -0.15) is 0 Å². The maximum atomic E-state index is 7.57. The molecular formula is C15H16N2O3. The highest BCUT2D eigenvalue weighted by atomic mass is 16.5. The van der Waals surface area contributed by atoms with Crippen LogP contribution in [-0.4, -0.2) is 20.1 Å². The summed E-state index contributed by atoms with van der Waals surface area (Å²) in [7, 11) is 3.11. The molecule has 0 aromatic heterocycles. The van der Waals surface area contributed by atoms with Gasteiger partial charge in [-0.05, 0) is 24.3 Å². The van der Waals surface area contributed by atoms with Crippen molar-refractivity contribution in [2.75, 3.05) is 14.2 Å². The van der Waals surface area contributed by atoms with Crippen LogP contribution < -0.4 is 19.9 Å². The summed E-state index contributed by atoms with van der Waals surface area (Å²) in [4.78, 5) is 0. The van der Waals surface area contributed by atoms with Gasteiger partial charge in [0.05, 0.1) is 19.8 Å². The molecular weight excluding hydrogens is 256 g/mol. The first-order valence-corrected chi connectivity index (χ1v) is 5.99. The van der Waals surface area contributed by atoms with E-state index in [1.807, 2.05) is 6.07 Å². The van der Waals surface area contributed by atoms with Gasteiger partial charge in [0.2, 0.25) is 5.75 Å². The third kappa shape index (κ3) is 2.66. The Balaban J connectivity index is 2.47. The average molecular weight is 272 g/mol.